The molecule has 0 amide bonds. The van der Waals surface area contributed by atoms with Crippen molar-refractivity contribution in [3.05, 3.63) is 90.0 Å². The zero-order valence-electron chi connectivity index (χ0n) is 22.0. The van der Waals surface area contributed by atoms with Crippen LogP contribution in [0.2, 0.25) is 0 Å². The Labute approximate surface area is 223 Å². The van der Waals surface area contributed by atoms with Gasteiger partial charge in [0.1, 0.15) is 6.61 Å². The number of rotatable bonds is 17. The zero-order chi connectivity index (χ0) is 26.3. The van der Waals surface area contributed by atoms with E-state index in [1.807, 2.05) is 36.4 Å². The van der Waals surface area contributed by atoms with Crippen LogP contribution in [0.1, 0.15) is 87.1 Å². The van der Waals surface area contributed by atoms with Crippen molar-refractivity contribution < 1.29 is 17.4 Å². The zero-order valence-corrected chi connectivity index (χ0v) is 22.8. The Bertz CT molecular complexity index is 1190. The molecule has 0 aliphatic heterocycles. The van der Waals surface area contributed by atoms with E-state index < -0.39 is 16.7 Å². The lowest BCUT2D eigenvalue weighted by atomic mass is 9.95. The third kappa shape index (κ3) is 9.56. The van der Waals surface area contributed by atoms with Crippen LogP contribution < -0.4 is 0 Å². The lowest BCUT2D eigenvalue weighted by Gasteiger charge is -2.13. The van der Waals surface area contributed by atoms with Gasteiger partial charge in [0.05, 0.1) is 4.90 Å². The monoisotopic (exact) mass is 520 g/mol. The molecule has 4 nitrogen and oxygen atoms in total. The van der Waals surface area contributed by atoms with Crippen LogP contribution in [-0.4, -0.2) is 20.8 Å². The maximum Gasteiger partial charge on any atom is 0.297 e. The normalized spacial score (nSPS) is 11.5. The maximum atomic E-state index is 12.9. The minimum Gasteiger partial charge on any atom is -0.291 e. The lowest BCUT2D eigenvalue weighted by Crippen LogP contribution is -2.15. The summed E-state index contributed by atoms with van der Waals surface area (Å²) in [5.41, 5.74) is 3.43. The van der Waals surface area contributed by atoms with E-state index in [-0.39, 0.29) is 10.7 Å². The molecule has 0 radical (unpaired) electrons. The summed E-state index contributed by atoms with van der Waals surface area (Å²) in [6.45, 7) is 1.73. The predicted molar refractivity (Wildman–Crippen MR) is 151 cm³/mol. The van der Waals surface area contributed by atoms with E-state index >= 15 is 0 Å². The second kappa shape index (κ2) is 15.5. The fourth-order valence-electron chi connectivity index (χ4n) is 4.52. The SMILES string of the molecule is CCCCCCCCCCCCc1ccc(S(=O)(=O)OCC(=O)c2ccccc2)cc1-c1ccccc1. The van der Waals surface area contributed by atoms with Gasteiger partial charge in [0.2, 0.25) is 0 Å². The van der Waals surface area contributed by atoms with Crippen LogP contribution in [0, 0.1) is 0 Å². The molecule has 198 valence electrons. The smallest absolute Gasteiger partial charge is 0.291 e. The highest BCUT2D eigenvalue weighted by atomic mass is 32.2. The second-order valence-electron chi connectivity index (χ2n) is 9.62. The fourth-order valence-corrected chi connectivity index (χ4v) is 5.42. The molecule has 0 heterocycles. The van der Waals surface area contributed by atoms with Crippen LogP contribution >= 0.6 is 0 Å². The van der Waals surface area contributed by atoms with Crippen LogP contribution in [0.15, 0.2) is 83.8 Å². The molecule has 0 spiro atoms. The van der Waals surface area contributed by atoms with E-state index in [1.54, 1.807) is 42.5 Å². The van der Waals surface area contributed by atoms with Crippen molar-refractivity contribution in [1.82, 2.24) is 0 Å². The molecule has 0 atom stereocenters. The minimum absolute atomic E-state index is 0.0686. The van der Waals surface area contributed by atoms with Gasteiger partial charge >= 0.3 is 0 Å². The summed E-state index contributed by atoms with van der Waals surface area (Å²) in [5, 5.41) is 0. The average Bonchev–Trinajstić information content (AvgIpc) is 2.93. The van der Waals surface area contributed by atoms with Crippen molar-refractivity contribution in [2.45, 2.75) is 82.4 Å². The van der Waals surface area contributed by atoms with Gasteiger partial charge in [-0.3, -0.25) is 8.98 Å². The largest absolute Gasteiger partial charge is 0.297 e. The lowest BCUT2D eigenvalue weighted by molar-refractivity contribution is 0.0924. The van der Waals surface area contributed by atoms with Gasteiger partial charge in [0, 0.05) is 5.56 Å². The van der Waals surface area contributed by atoms with E-state index in [2.05, 4.69) is 6.92 Å². The third-order valence-corrected chi connectivity index (χ3v) is 7.95. The first-order chi connectivity index (χ1) is 18.0. The van der Waals surface area contributed by atoms with Gasteiger partial charge in [0.25, 0.3) is 10.1 Å². The molecule has 0 saturated heterocycles. The van der Waals surface area contributed by atoms with Gasteiger partial charge in [-0.1, -0.05) is 131 Å². The van der Waals surface area contributed by atoms with Crippen molar-refractivity contribution >= 4 is 15.9 Å². The molecule has 3 rings (SSSR count). The molecule has 3 aromatic rings. The maximum absolute atomic E-state index is 12.9. The topological polar surface area (TPSA) is 60.4 Å². The molecule has 0 bridgehead atoms. The Morgan fingerprint density at radius 3 is 1.89 bits per heavy atom. The van der Waals surface area contributed by atoms with Crippen LogP contribution in [0.5, 0.6) is 0 Å². The Kier molecular flexibility index (Phi) is 12.1. The number of hydrogen-bond acceptors (Lipinski definition) is 4. The van der Waals surface area contributed by atoms with Crippen molar-refractivity contribution in [3.8, 4) is 11.1 Å². The number of hydrogen-bond donors (Lipinski definition) is 0. The number of Topliss-reactive ketones (excluding diaryl/α,β-unsaturated/α-hetero) is 1. The standard InChI is InChI=1S/C32H40O4S/c1-2-3-4-5-6-7-8-9-10-13-20-28-23-24-30(25-31(28)27-18-14-11-15-19-27)37(34,35)36-26-32(33)29-21-16-12-17-22-29/h11-12,14-19,21-25H,2-10,13,20,26H2,1H3. The Balaban J connectivity index is 1.60. The molecule has 0 saturated carbocycles. The van der Waals surface area contributed by atoms with Crippen LogP contribution in [0.3, 0.4) is 0 Å². The molecule has 0 N–H and O–H groups in total. The van der Waals surface area contributed by atoms with E-state index in [0.717, 1.165) is 29.5 Å². The Morgan fingerprint density at radius 1 is 0.703 bits per heavy atom. The highest BCUT2D eigenvalue weighted by Gasteiger charge is 2.20. The summed E-state index contributed by atoms with van der Waals surface area (Å²) in [6.07, 6.45) is 13.7. The summed E-state index contributed by atoms with van der Waals surface area (Å²) >= 11 is 0. The van der Waals surface area contributed by atoms with E-state index in [4.69, 9.17) is 4.18 Å². The molecule has 0 aromatic heterocycles. The van der Waals surface area contributed by atoms with Crippen LogP contribution in [0.25, 0.3) is 11.1 Å². The van der Waals surface area contributed by atoms with Crippen molar-refractivity contribution in [2.75, 3.05) is 6.61 Å². The highest BCUT2D eigenvalue weighted by Crippen LogP contribution is 2.29. The number of benzene rings is 3. The molecular weight excluding hydrogens is 480 g/mol. The van der Waals surface area contributed by atoms with Crippen molar-refractivity contribution in [2.24, 2.45) is 0 Å². The molecule has 37 heavy (non-hydrogen) atoms. The second-order valence-corrected chi connectivity index (χ2v) is 11.2. The van der Waals surface area contributed by atoms with Gasteiger partial charge in [-0.25, -0.2) is 0 Å². The average molecular weight is 521 g/mol. The van der Waals surface area contributed by atoms with E-state index in [9.17, 15) is 13.2 Å². The molecule has 0 aliphatic rings. The first kappa shape index (κ1) is 28.8. The number of ketones is 1. The van der Waals surface area contributed by atoms with Crippen LogP contribution in [0.4, 0.5) is 0 Å². The van der Waals surface area contributed by atoms with Gasteiger partial charge in [0.15, 0.2) is 5.78 Å². The fraction of sp³-hybridized carbons (Fsp3) is 0.406. The minimum atomic E-state index is -4.08. The summed E-state index contributed by atoms with van der Waals surface area (Å²) in [7, 11) is -4.08. The Morgan fingerprint density at radius 2 is 1.27 bits per heavy atom. The number of carbonyl (C=O) groups is 1. The van der Waals surface area contributed by atoms with Crippen molar-refractivity contribution in [1.29, 1.82) is 0 Å². The van der Waals surface area contributed by atoms with Gasteiger partial charge in [-0.15, -0.1) is 0 Å². The van der Waals surface area contributed by atoms with E-state index in [0.29, 0.717) is 5.56 Å². The van der Waals surface area contributed by atoms with Crippen LogP contribution in [-0.2, 0) is 20.7 Å². The number of unbranched alkanes of at least 4 members (excludes halogenated alkanes) is 9. The van der Waals surface area contributed by atoms with Crippen molar-refractivity contribution in [3.63, 3.8) is 0 Å². The van der Waals surface area contributed by atoms with Gasteiger partial charge < -0.3 is 0 Å². The molecular formula is C32H40O4S. The van der Waals surface area contributed by atoms with Gasteiger partial charge in [-0.2, -0.15) is 8.42 Å². The molecule has 0 unspecified atom stereocenters. The van der Waals surface area contributed by atoms with Gasteiger partial charge in [-0.05, 0) is 41.7 Å². The number of aryl methyl sites for hydroxylation is 1. The quantitative estimate of drug-likeness (QED) is 0.102. The summed E-state index contributed by atoms with van der Waals surface area (Å²) in [4.78, 5) is 12.4. The third-order valence-electron chi connectivity index (χ3n) is 6.70. The molecule has 0 aliphatic carbocycles. The first-order valence-corrected chi connectivity index (χ1v) is 15.1. The summed E-state index contributed by atoms with van der Waals surface area (Å²) in [5.74, 6) is -0.370. The molecule has 3 aromatic carbocycles. The molecule has 5 heteroatoms. The first-order valence-electron chi connectivity index (χ1n) is 13.7. The number of carbonyl (C=O) groups excluding carboxylic acids is 1. The summed E-state index contributed by atoms with van der Waals surface area (Å²) in [6, 6.07) is 23.6. The Hall–Kier alpha value is -2.76. The van der Waals surface area contributed by atoms with E-state index in [1.165, 1.54) is 57.8 Å². The predicted octanol–water partition coefficient (Wildman–Crippen LogP) is 8.41. The summed E-state index contributed by atoms with van der Waals surface area (Å²) < 4.78 is 31.0. The molecule has 0 fully saturated rings. The highest BCUT2D eigenvalue weighted by molar-refractivity contribution is 7.86.